The summed E-state index contributed by atoms with van der Waals surface area (Å²) >= 11 is 3.20. The van der Waals surface area contributed by atoms with Gasteiger partial charge in [0.25, 0.3) is 5.91 Å². The number of H-pyrrole nitrogens is 1. The molecule has 0 aromatic carbocycles. The Morgan fingerprint density at radius 2 is 2.19 bits per heavy atom. The quantitative estimate of drug-likeness (QED) is 0.793. The molecule has 0 spiro atoms. The summed E-state index contributed by atoms with van der Waals surface area (Å²) in [5.41, 5.74) is 1.82. The molecule has 108 valence electrons. The van der Waals surface area contributed by atoms with Crippen molar-refractivity contribution in [1.29, 1.82) is 0 Å². The number of aromatic nitrogens is 3. The van der Waals surface area contributed by atoms with Crippen LogP contribution in [-0.4, -0.2) is 42.9 Å². The molecule has 0 saturated carbocycles. The summed E-state index contributed by atoms with van der Waals surface area (Å²) in [5, 5.41) is 9.36. The first-order valence-electron chi connectivity index (χ1n) is 6.22. The fraction of sp³-hybridized carbons (Fsp3) is 0.231. The second-order valence-electron chi connectivity index (χ2n) is 4.69. The molecular weight excluding hydrogens is 340 g/mol. The number of aliphatic carboxylic acids is 1. The molecule has 1 amide bonds. The summed E-state index contributed by atoms with van der Waals surface area (Å²) < 4.78 is 0.614. The molecule has 3 heterocycles. The van der Waals surface area contributed by atoms with Crippen molar-refractivity contribution in [3.63, 3.8) is 0 Å². The molecule has 7 nitrogen and oxygen atoms in total. The zero-order chi connectivity index (χ0) is 15.0. The number of hydrogen-bond acceptors (Lipinski definition) is 4. The van der Waals surface area contributed by atoms with Crippen LogP contribution in [0, 0.1) is 0 Å². The SMILES string of the molecule is O=C(O)C1Cc2nc[nH]c2CN1C(=O)c1ccc(Br)nc1. The first kappa shape index (κ1) is 13.7. The van der Waals surface area contributed by atoms with Crippen LogP contribution in [0.25, 0.3) is 0 Å². The number of halogens is 1. The van der Waals surface area contributed by atoms with Crippen molar-refractivity contribution in [1.82, 2.24) is 19.9 Å². The Hall–Kier alpha value is -2.22. The van der Waals surface area contributed by atoms with Gasteiger partial charge in [0.1, 0.15) is 10.6 Å². The fourth-order valence-electron chi connectivity index (χ4n) is 2.34. The maximum Gasteiger partial charge on any atom is 0.326 e. The van der Waals surface area contributed by atoms with Crippen LogP contribution in [0.1, 0.15) is 21.7 Å². The highest BCUT2D eigenvalue weighted by molar-refractivity contribution is 9.10. The Morgan fingerprint density at radius 3 is 2.86 bits per heavy atom. The fourth-order valence-corrected chi connectivity index (χ4v) is 2.57. The summed E-state index contributed by atoms with van der Waals surface area (Å²) in [4.78, 5) is 36.3. The first-order valence-corrected chi connectivity index (χ1v) is 7.02. The van der Waals surface area contributed by atoms with Gasteiger partial charge < -0.3 is 15.0 Å². The van der Waals surface area contributed by atoms with E-state index in [1.165, 1.54) is 17.4 Å². The lowest BCUT2D eigenvalue weighted by Gasteiger charge is -2.32. The molecule has 0 bridgehead atoms. The van der Waals surface area contributed by atoms with Crippen molar-refractivity contribution >= 4 is 27.8 Å². The number of aromatic amines is 1. The maximum atomic E-state index is 12.5. The van der Waals surface area contributed by atoms with Gasteiger partial charge in [-0.1, -0.05) is 0 Å². The van der Waals surface area contributed by atoms with Crippen LogP contribution in [0.2, 0.25) is 0 Å². The summed E-state index contributed by atoms with van der Waals surface area (Å²) in [6, 6.07) is 2.34. The monoisotopic (exact) mass is 350 g/mol. The lowest BCUT2D eigenvalue weighted by Crippen LogP contribution is -2.48. The second-order valence-corrected chi connectivity index (χ2v) is 5.50. The topological polar surface area (TPSA) is 99.2 Å². The van der Waals surface area contributed by atoms with Crippen molar-refractivity contribution in [2.24, 2.45) is 0 Å². The van der Waals surface area contributed by atoms with Gasteiger partial charge in [0.2, 0.25) is 0 Å². The third-order valence-electron chi connectivity index (χ3n) is 3.42. The molecule has 0 aliphatic carbocycles. The van der Waals surface area contributed by atoms with Gasteiger partial charge in [-0.3, -0.25) is 4.79 Å². The Labute approximate surface area is 128 Å². The zero-order valence-electron chi connectivity index (χ0n) is 10.8. The predicted molar refractivity (Wildman–Crippen MR) is 75.5 cm³/mol. The average Bonchev–Trinajstić information content (AvgIpc) is 2.93. The predicted octanol–water partition coefficient (Wildman–Crippen LogP) is 1.22. The number of carboxylic acids is 1. The van der Waals surface area contributed by atoms with E-state index in [1.54, 1.807) is 12.1 Å². The number of amides is 1. The molecule has 0 radical (unpaired) electrons. The van der Waals surface area contributed by atoms with E-state index in [4.69, 9.17) is 0 Å². The van der Waals surface area contributed by atoms with Crippen molar-refractivity contribution in [3.8, 4) is 0 Å². The van der Waals surface area contributed by atoms with Gasteiger partial charge in [0.05, 0.1) is 29.8 Å². The van der Waals surface area contributed by atoms with E-state index >= 15 is 0 Å². The molecule has 0 saturated heterocycles. The molecule has 2 aromatic heterocycles. The van der Waals surface area contributed by atoms with Crippen LogP contribution in [0.5, 0.6) is 0 Å². The normalized spacial score (nSPS) is 17.4. The summed E-state index contributed by atoms with van der Waals surface area (Å²) in [7, 11) is 0. The van der Waals surface area contributed by atoms with Crippen LogP contribution in [-0.2, 0) is 17.8 Å². The number of carboxylic acid groups (broad SMARTS) is 1. The highest BCUT2D eigenvalue weighted by Crippen LogP contribution is 2.23. The highest BCUT2D eigenvalue weighted by atomic mass is 79.9. The van der Waals surface area contributed by atoms with Crippen molar-refractivity contribution in [2.45, 2.75) is 19.0 Å². The van der Waals surface area contributed by atoms with Gasteiger partial charge in [0, 0.05) is 12.6 Å². The third-order valence-corrected chi connectivity index (χ3v) is 3.89. The van der Waals surface area contributed by atoms with E-state index in [0.717, 1.165) is 5.69 Å². The minimum Gasteiger partial charge on any atom is -0.480 e. The van der Waals surface area contributed by atoms with E-state index in [1.807, 2.05) is 0 Å². The molecule has 3 rings (SSSR count). The third kappa shape index (κ3) is 2.54. The van der Waals surface area contributed by atoms with E-state index in [9.17, 15) is 14.7 Å². The molecule has 8 heteroatoms. The van der Waals surface area contributed by atoms with Gasteiger partial charge >= 0.3 is 5.97 Å². The molecule has 1 aliphatic rings. The number of nitrogens with one attached hydrogen (secondary N) is 1. The van der Waals surface area contributed by atoms with E-state index in [0.29, 0.717) is 15.9 Å². The number of carbonyl (C=O) groups excluding carboxylic acids is 1. The van der Waals surface area contributed by atoms with Gasteiger partial charge in [-0.2, -0.15) is 0 Å². The Morgan fingerprint density at radius 1 is 1.38 bits per heavy atom. The van der Waals surface area contributed by atoms with Crippen molar-refractivity contribution in [2.75, 3.05) is 0 Å². The number of carbonyl (C=O) groups is 2. The van der Waals surface area contributed by atoms with E-state index in [2.05, 4.69) is 30.9 Å². The van der Waals surface area contributed by atoms with Gasteiger partial charge in [-0.05, 0) is 28.1 Å². The van der Waals surface area contributed by atoms with Crippen molar-refractivity contribution in [3.05, 3.63) is 46.2 Å². The van der Waals surface area contributed by atoms with Crippen LogP contribution >= 0.6 is 15.9 Å². The van der Waals surface area contributed by atoms with Gasteiger partial charge in [0.15, 0.2) is 0 Å². The van der Waals surface area contributed by atoms with Crippen LogP contribution in [0.4, 0.5) is 0 Å². The Bertz CT molecular complexity index is 698. The number of pyridine rings is 1. The molecule has 0 fully saturated rings. The summed E-state index contributed by atoms with van der Waals surface area (Å²) in [6.07, 6.45) is 3.14. The van der Waals surface area contributed by atoms with Crippen LogP contribution < -0.4 is 0 Å². The number of fused-ring (bicyclic) bond motifs is 1. The average molecular weight is 351 g/mol. The van der Waals surface area contributed by atoms with Crippen LogP contribution in [0.15, 0.2) is 29.3 Å². The van der Waals surface area contributed by atoms with Crippen LogP contribution in [0.3, 0.4) is 0 Å². The molecule has 1 aliphatic heterocycles. The number of imidazole rings is 1. The summed E-state index contributed by atoms with van der Waals surface area (Å²) in [6.45, 7) is 0.196. The van der Waals surface area contributed by atoms with E-state index in [-0.39, 0.29) is 18.9 Å². The lowest BCUT2D eigenvalue weighted by molar-refractivity contribution is -0.142. The number of nitrogens with zero attached hydrogens (tertiary/aromatic N) is 3. The van der Waals surface area contributed by atoms with Gasteiger partial charge in [-0.25, -0.2) is 14.8 Å². The van der Waals surface area contributed by atoms with Gasteiger partial charge in [-0.15, -0.1) is 0 Å². The lowest BCUT2D eigenvalue weighted by atomic mass is 10.0. The molecule has 21 heavy (non-hydrogen) atoms. The Balaban J connectivity index is 1.93. The minimum atomic E-state index is -1.04. The summed E-state index contributed by atoms with van der Waals surface area (Å²) in [5.74, 6) is -1.40. The second kappa shape index (κ2) is 5.28. The number of hydrogen-bond donors (Lipinski definition) is 2. The smallest absolute Gasteiger partial charge is 0.326 e. The highest BCUT2D eigenvalue weighted by Gasteiger charge is 2.36. The van der Waals surface area contributed by atoms with Crippen molar-refractivity contribution < 1.29 is 14.7 Å². The number of rotatable bonds is 2. The standard InChI is InChI=1S/C13H11BrN4O3/c14-11-2-1-7(4-15-11)12(19)18-5-9-8(16-6-17-9)3-10(18)13(20)21/h1-2,4,6,10H,3,5H2,(H,16,17)(H,20,21). The first-order chi connectivity index (χ1) is 10.1. The van der Waals surface area contributed by atoms with E-state index < -0.39 is 12.0 Å². The molecule has 2 N–H and O–H groups in total. The molecule has 2 aromatic rings. The maximum absolute atomic E-state index is 12.5. The Kier molecular flexibility index (Phi) is 3.46. The zero-order valence-corrected chi connectivity index (χ0v) is 12.4. The largest absolute Gasteiger partial charge is 0.480 e. The minimum absolute atomic E-state index is 0.196. The molecule has 1 atom stereocenters. The molecular formula is C13H11BrN4O3. The molecule has 1 unspecified atom stereocenters.